The highest BCUT2D eigenvalue weighted by Gasteiger charge is 2.23. The van der Waals surface area contributed by atoms with Gasteiger partial charge in [-0.15, -0.1) is 22.7 Å². The lowest BCUT2D eigenvalue weighted by molar-refractivity contribution is -0.0329. The standard InChI is InChI=1S/C12H13BrN2OS2/c13-11-5-9(8-18-11)6-15-2-3-16-10(7-15)12-14-1-4-17-12/h1,4-5,8,10H,2-3,6-7H2/t10-/m0/s1. The Morgan fingerprint density at radius 1 is 1.50 bits per heavy atom. The highest BCUT2D eigenvalue weighted by atomic mass is 79.9. The van der Waals surface area contributed by atoms with Crippen molar-refractivity contribution in [2.24, 2.45) is 0 Å². The van der Waals surface area contributed by atoms with Gasteiger partial charge in [0.25, 0.3) is 0 Å². The molecule has 0 unspecified atom stereocenters. The minimum atomic E-state index is 0.140. The van der Waals surface area contributed by atoms with Crippen molar-refractivity contribution in [1.29, 1.82) is 0 Å². The molecule has 0 aliphatic carbocycles. The number of rotatable bonds is 3. The minimum absolute atomic E-state index is 0.140. The van der Waals surface area contributed by atoms with Crippen molar-refractivity contribution < 1.29 is 4.74 Å². The summed E-state index contributed by atoms with van der Waals surface area (Å²) in [5.74, 6) is 0. The van der Waals surface area contributed by atoms with E-state index in [-0.39, 0.29) is 6.10 Å². The first-order valence-corrected chi connectivity index (χ1v) is 8.33. The molecule has 96 valence electrons. The third-order valence-electron chi connectivity index (χ3n) is 2.91. The highest BCUT2D eigenvalue weighted by molar-refractivity contribution is 9.11. The second-order valence-electron chi connectivity index (χ2n) is 4.22. The summed E-state index contributed by atoms with van der Waals surface area (Å²) >= 11 is 6.92. The summed E-state index contributed by atoms with van der Waals surface area (Å²) < 4.78 is 6.99. The Kier molecular flexibility index (Phi) is 4.10. The van der Waals surface area contributed by atoms with Gasteiger partial charge in [-0.25, -0.2) is 4.98 Å². The van der Waals surface area contributed by atoms with E-state index >= 15 is 0 Å². The minimum Gasteiger partial charge on any atom is -0.368 e. The Hall–Kier alpha value is -0.270. The van der Waals surface area contributed by atoms with E-state index in [9.17, 15) is 0 Å². The van der Waals surface area contributed by atoms with E-state index in [1.807, 2.05) is 11.6 Å². The molecule has 0 N–H and O–H groups in total. The topological polar surface area (TPSA) is 25.4 Å². The Morgan fingerprint density at radius 2 is 2.44 bits per heavy atom. The van der Waals surface area contributed by atoms with Gasteiger partial charge in [0.15, 0.2) is 0 Å². The number of aromatic nitrogens is 1. The number of thiazole rings is 1. The number of halogens is 1. The van der Waals surface area contributed by atoms with Gasteiger partial charge in [0.1, 0.15) is 11.1 Å². The fraction of sp³-hybridized carbons (Fsp3) is 0.417. The predicted octanol–water partition coefficient (Wildman–Crippen LogP) is 3.54. The summed E-state index contributed by atoms with van der Waals surface area (Å²) in [6.45, 7) is 3.71. The molecule has 1 aliphatic rings. The molecule has 3 nitrogen and oxygen atoms in total. The number of morpholine rings is 1. The Balaban J connectivity index is 1.63. The number of thiophene rings is 1. The fourth-order valence-corrected chi connectivity index (χ4v) is 3.95. The van der Waals surface area contributed by atoms with Gasteiger partial charge in [0, 0.05) is 31.2 Å². The van der Waals surface area contributed by atoms with Crippen molar-refractivity contribution in [3.05, 3.63) is 37.4 Å². The van der Waals surface area contributed by atoms with Crippen LogP contribution in [0.3, 0.4) is 0 Å². The molecule has 1 saturated heterocycles. The van der Waals surface area contributed by atoms with Crippen LogP contribution in [0.15, 0.2) is 26.8 Å². The van der Waals surface area contributed by atoms with Gasteiger partial charge < -0.3 is 4.74 Å². The van der Waals surface area contributed by atoms with E-state index in [1.165, 1.54) is 9.35 Å². The van der Waals surface area contributed by atoms with Crippen LogP contribution in [0.2, 0.25) is 0 Å². The molecule has 3 heterocycles. The summed E-state index contributed by atoms with van der Waals surface area (Å²) in [5.41, 5.74) is 1.37. The molecule has 1 fully saturated rings. The van der Waals surface area contributed by atoms with E-state index < -0.39 is 0 Å². The van der Waals surface area contributed by atoms with Crippen LogP contribution >= 0.6 is 38.6 Å². The monoisotopic (exact) mass is 344 g/mol. The molecular weight excluding hydrogens is 332 g/mol. The van der Waals surface area contributed by atoms with Crippen LogP contribution in [0.5, 0.6) is 0 Å². The molecule has 0 spiro atoms. The lowest BCUT2D eigenvalue weighted by Crippen LogP contribution is -2.37. The number of hydrogen-bond donors (Lipinski definition) is 0. The van der Waals surface area contributed by atoms with Crippen LogP contribution in [-0.4, -0.2) is 29.6 Å². The molecular formula is C12H13BrN2OS2. The summed E-state index contributed by atoms with van der Waals surface area (Å²) in [7, 11) is 0. The molecule has 3 rings (SSSR count). The van der Waals surface area contributed by atoms with Gasteiger partial charge in [-0.2, -0.15) is 0 Å². The second-order valence-corrected chi connectivity index (χ2v) is 7.44. The lowest BCUT2D eigenvalue weighted by atomic mass is 10.2. The van der Waals surface area contributed by atoms with Crippen molar-refractivity contribution in [2.45, 2.75) is 12.6 Å². The van der Waals surface area contributed by atoms with Crippen molar-refractivity contribution >= 4 is 38.6 Å². The normalized spacial score (nSPS) is 21.3. The van der Waals surface area contributed by atoms with Gasteiger partial charge in [0.2, 0.25) is 0 Å². The van der Waals surface area contributed by atoms with E-state index in [4.69, 9.17) is 4.74 Å². The zero-order valence-electron chi connectivity index (χ0n) is 9.71. The van der Waals surface area contributed by atoms with Crippen LogP contribution in [-0.2, 0) is 11.3 Å². The molecule has 2 aromatic heterocycles. The molecule has 2 aromatic rings. The van der Waals surface area contributed by atoms with Crippen molar-refractivity contribution in [3.63, 3.8) is 0 Å². The Bertz CT molecular complexity index is 500. The smallest absolute Gasteiger partial charge is 0.123 e. The molecule has 1 atom stereocenters. The predicted molar refractivity (Wildman–Crippen MR) is 78.1 cm³/mol. The summed E-state index contributed by atoms with van der Waals surface area (Å²) in [5, 5.41) is 5.30. The van der Waals surface area contributed by atoms with Crippen LogP contribution < -0.4 is 0 Å². The Labute approximate surface area is 123 Å². The quantitative estimate of drug-likeness (QED) is 0.851. The van der Waals surface area contributed by atoms with Crippen LogP contribution in [0, 0.1) is 0 Å². The van der Waals surface area contributed by atoms with E-state index in [0.29, 0.717) is 0 Å². The molecule has 0 aromatic carbocycles. The third-order valence-corrected chi connectivity index (χ3v) is 5.33. The summed E-state index contributed by atoms with van der Waals surface area (Å²) in [4.78, 5) is 6.78. The maximum absolute atomic E-state index is 5.80. The average Bonchev–Trinajstić information content (AvgIpc) is 3.01. The fourth-order valence-electron chi connectivity index (χ4n) is 2.08. The van der Waals surface area contributed by atoms with Gasteiger partial charge in [-0.1, -0.05) is 0 Å². The van der Waals surface area contributed by atoms with E-state index in [1.54, 1.807) is 22.7 Å². The molecule has 0 radical (unpaired) electrons. The van der Waals surface area contributed by atoms with E-state index in [0.717, 1.165) is 31.2 Å². The maximum Gasteiger partial charge on any atom is 0.123 e. The van der Waals surface area contributed by atoms with Crippen molar-refractivity contribution in [2.75, 3.05) is 19.7 Å². The van der Waals surface area contributed by atoms with Crippen LogP contribution in [0.1, 0.15) is 16.7 Å². The van der Waals surface area contributed by atoms with Crippen molar-refractivity contribution in [1.82, 2.24) is 9.88 Å². The van der Waals surface area contributed by atoms with E-state index in [2.05, 4.69) is 37.3 Å². The first-order chi connectivity index (χ1) is 8.81. The first-order valence-electron chi connectivity index (χ1n) is 5.77. The van der Waals surface area contributed by atoms with Gasteiger partial charge in [-0.3, -0.25) is 4.90 Å². The van der Waals surface area contributed by atoms with Gasteiger partial charge >= 0.3 is 0 Å². The number of hydrogen-bond acceptors (Lipinski definition) is 5. The summed E-state index contributed by atoms with van der Waals surface area (Å²) in [6, 6.07) is 2.19. The molecule has 0 amide bonds. The molecule has 0 saturated carbocycles. The number of nitrogens with zero attached hydrogens (tertiary/aromatic N) is 2. The molecule has 18 heavy (non-hydrogen) atoms. The van der Waals surface area contributed by atoms with Crippen LogP contribution in [0.4, 0.5) is 0 Å². The number of ether oxygens (including phenoxy) is 1. The SMILES string of the molecule is Brc1cc(CN2CCO[C@H](c3nccs3)C2)cs1. The summed E-state index contributed by atoms with van der Waals surface area (Å²) in [6.07, 6.45) is 1.99. The van der Waals surface area contributed by atoms with Gasteiger partial charge in [-0.05, 0) is 32.9 Å². The average molecular weight is 345 g/mol. The Morgan fingerprint density at radius 3 is 3.17 bits per heavy atom. The van der Waals surface area contributed by atoms with Gasteiger partial charge in [0.05, 0.1) is 10.4 Å². The zero-order valence-corrected chi connectivity index (χ0v) is 12.9. The zero-order chi connectivity index (χ0) is 12.4. The largest absolute Gasteiger partial charge is 0.368 e. The first kappa shape index (κ1) is 12.7. The molecule has 1 aliphatic heterocycles. The third kappa shape index (κ3) is 3.00. The van der Waals surface area contributed by atoms with Crippen LogP contribution in [0.25, 0.3) is 0 Å². The molecule has 0 bridgehead atoms. The van der Waals surface area contributed by atoms with Crippen molar-refractivity contribution in [3.8, 4) is 0 Å². The molecule has 6 heteroatoms. The second kappa shape index (κ2) is 5.79. The highest BCUT2D eigenvalue weighted by Crippen LogP contribution is 2.26. The maximum atomic E-state index is 5.80. The lowest BCUT2D eigenvalue weighted by Gasteiger charge is -2.31.